The Balaban J connectivity index is 1.73. The van der Waals surface area contributed by atoms with Gasteiger partial charge in [-0.25, -0.2) is 0 Å². The summed E-state index contributed by atoms with van der Waals surface area (Å²) >= 11 is 0. The van der Waals surface area contributed by atoms with E-state index in [9.17, 15) is 38.2 Å². The molecule has 1 unspecified atom stereocenters. The van der Waals surface area contributed by atoms with Crippen LogP contribution >= 0.6 is 22.6 Å². The van der Waals surface area contributed by atoms with Gasteiger partial charge >= 0.3 is 15.2 Å². The van der Waals surface area contributed by atoms with Gasteiger partial charge in [0, 0.05) is 52.4 Å². The highest BCUT2D eigenvalue weighted by Gasteiger charge is 2.29. The number of hydrogen-bond acceptors (Lipinski definition) is 7. The van der Waals surface area contributed by atoms with Crippen molar-refractivity contribution in [1.82, 2.24) is 19.6 Å². The lowest BCUT2D eigenvalue weighted by molar-refractivity contribution is 0.231. The molecule has 0 aliphatic carbocycles. The summed E-state index contributed by atoms with van der Waals surface area (Å²) in [6, 6.07) is 19.4. The van der Waals surface area contributed by atoms with Crippen molar-refractivity contribution in [3.63, 3.8) is 0 Å². The molecule has 39 heavy (non-hydrogen) atoms. The van der Waals surface area contributed by atoms with Crippen molar-refractivity contribution < 1.29 is 38.2 Å². The molecule has 1 aliphatic rings. The molecule has 1 atom stereocenters. The van der Waals surface area contributed by atoms with Crippen LogP contribution in [0.4, 0.5) is 0 Å². The average molecular weight is 605 g/mol. The molecule has 15 heteroatoms. The lowest BCUT2D eigenvalue weighted by atomic mass is 10.2. The summed E-state index contributed by atoms with van der Waals surface area (Å²) in [4.78, 5) is 55.8. The molecule has 1 saturated heterocycles. The largest absolute Gasteiger partial charge is 0.343 e. The van der Waals surface area contributed by atoms with Gasteiger partial charge in [0.25, 0.3) is 0 Å². The zero-order chi connectivity index (χ0) is 28.5. The van der Waals surface area contributed by atoms with E-state index in [2.05, 4.69) is 0 Å². The molecule has 0 saturated carbocycles. The van der Waals surface area contributed by atoms with E-state index in [1.165, 1.54) is 9.80 Å². The molecule has 2 aromatic carbocycles. The van der Waals surface area contributed by atoms with Crippen molar-refractivity contribution in [2.24, 2.45) is 0 Å². The van der Waals surface area contributed by atoms with Gasteiger partial charge in [-0.2, -0.15) is 0 Å². The molecular weight excluding hydrogens is 565 g/mol. The van der Waals surface area contributed by atoms with Crippen molar-refractivity contribution in [3.05, 3.63) is 71.8 Å². The van der Waals surface area contributed by atoms with E-state index in [4.69, 9.17) is 0 Å². The Labute approximate surface area is 229 Å². The first-order valence-corrected chi connectivity index (χ1v) is 18.3. The van der Waals surface area contributed by atoms with Crippen molar-refractivity contribution >= 4 is 22.6 Å². The number of rotatable bonds is 12. The fourth-order valence-electron chi connectivity index (χ4n) is 4.64. The highest BCUT2D eigenvalue weighted by Crippen LogP contribution is 2.43. The molecule has 0 spiro atoms. The Morgan fingerprint density at radius 3 is 1.23 bits per heavy atom. The first-order chi connectivity index (χ1) is 18.3. The molecular formula is C24H39N4O8P3. The Morgan fingerprint density at radius 1 is 0.564 bits per heavy atom. The maximum Gasteiger partial charge on any atom is 0.339 e. The van der Waals surface area contributed by atoms with Crippen LogP contribution in [0.5, 0.6) is 0 Å². The molecule has 5 N–H and O–H groups in total. The molecule has 1 heterocycles. The topological polar surface area (TPSA) is 165 Å². The molecule has 3 rings (SSSR count). The first-order valence-electron chi connectivity index (χ1n) is 12.6. The predicted molar refractivity (Wildman–Crippen MR) is 150 cm³/mol. The molecule has 0 bridgehead atoms. The van der Waals surface area contributed by atoms with Gasteiger partial charge in [0.15, 0.2) is 0 Å². The SMILES string of the molecule is O=P(O)(O)CN1CCN(CP(=O)(O)O)CCN(CP(=O)(O)CN(Cc2ccccc2)Cc2ccccc2)CC1. The van der Waals surface area contributed by atoms with Crippen molar-refractivity contribution in [2.45, 2.75) is 13.1 Å². The lowest BCUT2D eigenvalue weighted by Crippen LogP contribution is -2.38. The van der Waals surface area contributed by atoms with Crippen LogP contribution < -0.4 is 0 Å². The molecule has 0 amide bonds. The zero-order valence-corrected chi connectivity index (χ0v) is 24.5. The van der Waals surface area contributed by atoms with Crippen LogP contribution in [-0.2, 0) is 26.8 Å². The maximum atomic E-state index is 13.6. The minimum absolute atomic E-state index is 0.0638. The van der Waals surface area contributed by atoms with Crippen molar-refractivity contribution in [3.8, 4) is 0 Å². The van der Waals surface area contributed by atoms with Gasteiger partial charge in [-0.1, -0.05) is 60.7 Å². The molecule has 0 aromatic heterocycles. The molecule has 1 aliphatic heterocycles. The Morgan fingerprint density at radius 2 is 0.897 bits per heavy atom. The third kappa shape index (κ3) is 13.3. The maximum absolute atomic E-state index is 13.6. The van der Waals surface area contributed by atoms with Crippen LogP contribution in [0.15, 0.2) is 60.7 Å². The monoisotopic (exact) mass is 604 g/mol. The Hall–Kier alpha value is -1.23. The van der Waals surface area contributed by atoms with E-state index in [-0.39, 0.29) is 51.8 Å². The third-order valence-corrected chi connectivity index (χ3v) is 9.53. The second-order valence-corrected chi connectivity index (χ2v) is 15.5. The van der Waals surface area contributed by atoms with Crippen LogP contribution in [0, 0.1) is 0 Å². The molecule has 12 nitrogen and oxygen atoms in total. The molecule has 1 fully saturated rings. The van der Waals surface area contributed by atoms with Gasteiger partial charge in [-0.15, -0.1) is 0 Å². The van der Waals surface area contributed by atoms with E-state index < -0.39 is 35.1 Å². The van der Waals surface area contributed by atoms with Gasteiger partial charge in [-0.05, 0) is 11.1 Å². The highest BCUT2D eigenvalue weighted by molar-refractivity contribution is 7.57. The van der Waals surface area contributed by atoms with Crippen molar-refractivity contribution in [2.75, 3.05) is 64.4 Å². The normalized spacial score (nSPS) is 18.8. The first kappa shape index (κ1) is 32.3. The van der Waals surface area contributed by atoms with Crippen LogP contribution in [0.3, 0.4) is 0 Å². The van der Waals surface area contributed by atoms with E-state index >= 15 is 0 Å². The molecule has 0 radical (unpaired) electrons. The summed E-state index contributed by atoms with van der Waals surface area (Å²) in [5, 5.41) is 0. The van der Waals surface area contributed by atoms with Crippen LogP contribution in [0.2, 0.25) is 0 Å². The van der Waals surface area contributed by atoms with Crippen LogP contribution in [0.25, 0.3) is 0 Å². The summed E-state index contributed by atoms with van der Waals surface area (Å²) in [6.07, 6.45) is -1.21. The zero-order valence-electron chi connectivity index (χ0n) is 21.9. The predicted octanol–water partition coefficient (Wildman–Crippen LogP) is 2.06. The minimum Gasteiger partial charge on any atom is -0.343 e. The molecule has 2 aromatic rings. The summed E-state index contributed by atoms with van der Waals surface area (Å²) < 4.78 is 36.8. The smallest absolute Gasteiger partial charge is 0.339 e. The third-order valence-electron chi connectivity index (χ3n) is 6.31. The fraction of sp³-hybridized carbons (Fsp3) is 0.500. The van der Waals surface area contributed by atoms with Gasteiger partial charge in [0.1, 0.15) is 12.6 Å². The average Bonchev–Trinajstić information content (AvgIpc) is 2.90. The fourth-order valence-corrected chi connectivity index (χ4v) is 8.07. The van der Waals surface area contributed by atoms with Crippen molar-refractivity contribution in [1.29, 1.82) is 0 Å². The van der Waals surface area contributed by atoms with E-state index in [0.29, 0.717) is 13.1 Å². The van der Waals surface area contributed by atoms with Gasteiger partial charge in [0.05, 0.1) is 12.6 Å². The minimum atomic E-state index is -4.36. The van der Waals surface area contributed by atoms with E-state index in [0.717, 1.165) is 11.1 Å². The van der Waals surface area contributed by atoms with Gasteiger partial charge in [0.2, 0.25) is 7.37 Å². The number of hydrogen-bond donors (Lipinski definition) is 5. The quantitative estimate of drug-likeness (QED) is 0.224. The second-order valence-electron chi connectivity index (χ2n) is 10.1. The van der Waals surface area contributed by atoms with E-state index in [1.54, 1.807) is 4.90 Å². The van der Waals surface area contributed by atoms with Crippen LogP contribution in [0.1, 0.15) is 11.1 Å². The standard InChI is InChI=1S/C24H39N4O8P3/c29-37(30,20-28(17-23-7-3-1-4-8-23)18-24-9-5-2-6-10-24)19-25-11-13-26(21-38(31,32)33)15-16-27(14-12-25)22-39(34,35)36/h1-10H,11-22H2,(H,29,30)(H2,31,32,33)(H2,34,35,36). The number of benzene rings is 2. The summed E-state index contributed by atoms with van der Waals surface area (Å²) in [7, 11) is -12.5. The Bertz CT molecular complexity index is 1090. The van der Waals surface area contributed by atoms with Crippen LogP contribution in [-0.4, -0.2) is 108 Å². The van der Waals surface area contributed by atoms with Gasteiger partial charge < -0.3 is 24.5 Å². The lowest BCUT2D eigenvalue weighted by Gasteiger charge is -2.30. The highest BCUT2D eigenvalue weighted by atomic mass is 31.2. The van der Waals surface area contributed by atoms with Gasteiger partial charge in [-0.3, -0.25) is 33.3 Å². The second kappa shape index (κ2) is 14.6. The summed E-state index contributed by atoms with van der Waals surface area (Å²) in [5.74, 6) is 0. The molecule has 218 valence electrons. The Kier molecular flexibility index (Phi) is 12.1. The summed E-state index contributed by atoms with van der Waals surface area (Å²) in [6.45, 7) is 2.42. The summed E-state index contributed by atoms with van der Waals surface area (Å²) in [5.41, 5.74) is 2.02. The number of nitrogens with zero attached hydrogens (tertiary/aromatic N) is 4. The van der Waals surface area contributed by atoms with E-state index in [1.807, 2.05) is 65.6 Å².